The molecule has 2 rings (SSSR count). The molecule has 0 saturated heterocycles. The molecule has 92 valence electrons. The predicted molar refractivity (Wildman–Crippen MR) is 57.1 cm³/mol. The van der Waals surface area contributed by atoms with Crippen LogP contribution in [0.4, 0.5) is 17.6 Å². The minimum Gasteiger partial charge on any atom is -0.298 e. The second-order valence-corrected chi connectivity index (χ2v) is 3.61. The molecule has 0 aromatic heterocycles. The minimum absolute atomic E-state index is 0.0113. The smallest absolute Gasteiger partial charge is 0.194 e. The number of carbonyl (C=O) groups is 1. The molecule has 18 heavy (non-hydrogen) atoms. The van der Waals surface area contributed by atoms with Crippen molar-refractivity contribution in [2.24, 2.45) is 0 Å². The quantitative estimate of drug-likeness (QED) is 0.453. The molecule has 0 spiro atoms. The van der Waals surface area contributed by atoms with E-state index in [1.54, 1.807) is 0 Å². The Morgan fingerprint density at radius 1 is 0.778 bits per heavy atom. The average Bonchev–Trinajstić information content (AvgIpc) is 2.35. The molecule has 1 nitrogen and oxygen atoms in total. The van der Waals surface area contributed by atoms with Gasteiger partial charge in [-0.15, -0.1) is 0 Å². The fourth-order valence-electron chi connectivity index (χ4n) is 1.52. The molecule has 0 amide bonds. The molecule has 0 saturated carbocycles. The second kappa shape index (κ2) is 4.60. The van der Waals surface area contributed by atoms with Gasteiger partial charge in [0.05, 0.1) is 5.56 Å². The first kappa shape index (κ1) is 12.3. The Morgan fingerprint density at radius 2 is 1.33 bits per heavy atom. The van der Waals surface area contributed by atoms with E-state index in [0.29, 0.717) is 6.29 Å². The van der Waals surface area contributed by atoms with Crippen LogP contribution in [0.15, 0.2) is 30.3 Å². The standard InChI is InChI=1S/C13H6F4O/c14-10-3-7(1-2-8(10)6-18)9-4-11(15)13(17)12(16)5-9/h1-6H. The number of benzene rings is 2. The van der Waals surface area contributed by atoms with Crippen molar-refractivity contribution >= 4 is 6.29 Å². The molecule has 0 radical (unpaired) electrons. The predicted octanol–water partition coefficient (Wildman–Crippen LogP) is 3.72. The summed E-state index contributed by atoms with van der Waals surface area (Å²) >= 11 is 0. The third kappa shape index (κ3) is 2.11. The van der Waals surface area contributed by atoms with E-state index >= 15 is 0 Å². The number of carbonyl (C=O) groups excluding carboxylic acids is 1. The number of aldehydes is 1. The highest BCUT2D eigenvalue weighted by atomic mass is 19.2. The first-order valence-electron chi connectivity index (χ1n) is 4.92. The summed E-state index contributed by atoms with van der Waals surface area (Å²) in [5.41, 5.74) is -0.0274. The van der Waals surface area contributed by atoms with Crippen molar-refractivity contribution in [1.29, 1.82) is 0 Å². The van der Waals surface area contributed by atoms with Crippen LogP contribution in [0, 0.1) is 23.3 Å². The van der Waals surface area contributed by atoms with Gasteiger partial charge in [-0.25, -0.2) is 17.6 Å². The van der Waals surface area contributed by atoms with Crippen LogP contribution in [0.5, 0.6) is 0 Å². The van der Waals surface area contributed by atoms with E-state index in [2.05, 4.69) is 0 Å². The molecule has 0 N–H and O–H groups in total. The maximum atomic E-state index is 13.3. The van der Waals surface area contributed by atoms with Crippen molar-refractivity contribution in [2.75, 3.05) is 0 Å². The molecule has 0 bridgehead atoms. The van der Waals surface area contributed by atoms with Crippen LogP contribution < -0.4 is 0 Å². The molecule has 0 aliphatic rings. The van der Waals surface area contributed by atoms with E-state index in [4.69, 9.17) is 0 Å². The van der Waals surface area contributed by atoms with Crippen LogP contribution >= 0.6 is 0 Å². The molecule has 0 unspecified atom stereocenters. The molecular weight excluding hydrogens is 248 g/mol. The van der Waals surface area contributed by atoms with Gasteiger partial charge in [-0.3, -0.25) is 4.79 Å². The zero-order valence-corrected chi connectivity index (χ0v) is 8.88. The Hall–Kier alpha value is -2.17. The van der Waals surface area contributed by atoms with Crippen molar-refractivity contribution in [3.05, 3.63) is 59.2 Å². The summed E-state index contributed by atoms with van der Waals surface area (Å²) in [6.45, 7) is 0. The fourth-order valence-corrected chi connectivity index (χ4v) is 1.52. The highest BCUT2D eigenvalue weighted by Gasteiger charge is 2.12. The van der Waals surface area contributed by atoms with Crippen molar-refractivity contribution in [3.63, 3.8) is 0 Å². The van der Waals surface area contributed by atoms with Gasteiger partial charge in [-0.2, -0.15) is 0 Å². The van der Waals surface area contributed by atoms with Crippen molar-refractivity contribution in [2.45, 2.75) is 0 Å². The van der Waals surface area contributed by atoms with Crippen molar-refractivity contribution in [1.82, 2.24) is 0 Å². The van der Waals surface area contributed by atoms with E-state index in [1.807, 2.05) is 0 Å². The molecule has 2 aromatic rings. The normalized spacial score (nSPS) is 10.4. The van der Waals surface area contributed by atoms with E-state index in [0.717, 1.165) is 18.2 Å². The highest BCUT2D eigenvalue weighted by molar-refractivity contribution is 5.77. The van der Waals surface area contributed by atoms with Gasteiger partial charge in [0.25, 0.3) is 0 Å². The molecule has 0 aliphatic carbocycles. The van der Waals surface area contributed by atoms with Crippen LogP contribution in [0.25, 0.3) is 11.1 Å². The molecule has 0 fully saturated rings. The Kier molecular flexibility index (Phi) is 3.14. The lowest BCUT2D eigenvalue weighted by Gasteiger charge is -2.04. The fraction of sp³-hybridized carbons (Fsp3) is 0. The SMILES string of the molecule is O=Cc1ccc(-c2cc(F)c(F)c(F)c2)cc1F. The highest BCUT2D eigenvalue weighted by Crippen LogP contribution is 2.25. The maximum absolute atomic E-state index is 13.3. The van der Waals surface area contributed by atoms with Gasteiger partial charge in [-0.05, 0) is 35.4 Å². The van der Waals surface area contributed by atoms with Gasteiger partial charge in [0.15, 0.2) is 23.7 Å². The Bertz CT molecular complexity index is 599. The van der Waals surface area contributed by atoms with Gasteiger partial charge in [0.1, 0.15) is 5.82 Å². The summed E-state index contributed by atoms with van der Waals surface area (Å²) in [6, 6.07) is 4.97. The van der Waals surface area contributed by atoms with Gasteiger partial charge in [-0.1, -0.05) is 6.07 Å². The largest absolute Gasteiger partial charge is 0.298 e. The van der Waals surface area contributed by atoms with Crippen LogP contribution in [0.3, 0.4) is 0 Å². The van der Waals surface area contributed by atoms with Crippen LogP contribution in [0.1, 0.15) is 10.4 Å². The monoisotopic (exact) mass is 254 g/mol. The Balaban J connectivity index is 2.55. The van der Waals surface area contributed by atoms with Crippen LogP contribution in [-0.4, -0.2) is 6.29 Å². The molecule has 0 atom stereocenters. The van der Waals surface area contributed by atoms with Gasteiger partial charge >= 0.3 is 0 Å². The van der Waals surface area contributed by atoms with E-state index in [-0.39, 0.29) is 16.7 Å². The average molecular weight is 254 g/mol. The summed E-state index contributed by atoms with van der Waals surface area (Å²) in [6.07, 6.45) is 0.324. The maximum Gasteiger partial charge on any atom is 0.194 e. The van der Waals surface area contributed by atoms with E-state index in [9.17, 15) is 22.4 Å². The lowest BCUT2D eigenvalue weighted by atomic mass is 10.0. The first-order valence-corrected chi connectivity index (χ1v) is 4.92. The van der Waals surface area contributed by atoms with Gasteiger partial charge < -0.3 is 0 Å². The summed E-state index contributed by atoms with van der Waals surface area (Å²) in [5, 5.41) is 0. The lowest BCUT2D eigenvalue weighted by Crippen LogP contribution is -1.93. The Morgan fingerprint density at radius 3 is 1.83 bits per heavy atom. The van der Waals surface area contributed by atoms with E-state index < -0.39 is 23.3 Å². The van der Waals surface area contributed by atoms with Gasteiger partial charge in [0.2, 0.25) is 0 Å². The minimum atomic E-state index is -1.58. The molecular formula is C13H6F4O. The Labute approximate surface area is 99.7 Å². The second-order valence-electron chi connectivity index (χ2n) is 3.61. The lowest BCUT2D eigenvalue weighted by molar-refractivity contribution is 0.112. The number of halogens is 4. The molecule has 2 aromatic carbocycles. The third-order valence-corrected chi connectivity index (χ3v) is 2.44. The summed E-state index contributed by atoms with van der Waals surface area (Å²) in [7, 11) is 0. The first-order chi connectivity index (χ1) is 8.52. The van der Waals surface area contributed by atoms with Crippen LogP contribution in [0.2, 0.25) is 0 Å². The van der Waals surface area contributed by atoms with Crippen LogP contribution in [-0.2, 0) is 0 Å². The number of hydrogen-bond acceptors (Lipinski definition) is 1. The van der Waals surface area contributed by atoms with Crippen molar-refractivity contribution in [3.8, 4) is 11.1 Å². The molecule has 5 heteroatoms. The summed E-state index contributed by atoms with van der Waals surface area (Å²) < 4.78 is 52.1. The number of hydrogen-bond donors (Lipinski definition) is 0. The van der Waals surface area contributed by atoms with E-state index in [1.165, 1.54) is 12.1 Å². The molecule has 0 heterocycles. The summed E-state index contributed by atoms with van der Waals surface area (Å²) in [5.74, 6) is -5.11. The third-order valence-electron chi connectivity index (χ3n) is 2.44. The van der Waals surface area contributed by atoms with Gasteiger partial charge in [0, 0.05) is 0 Å². The molecule has 0 aliphatic heterocycles. The number of rotatable bonds is 2. The van der Waals surface area contributed by atoms with Crippen molar-refractivity contribution < 1.29 is 22.4 Å². The topological polar surface area (TPSA) is 17.1 Å². The zero-order valence-electron chi connectivity index (χ0n) is 8.88. The summed E-state index contributed by atoms with van der Waals surface area (Å²) in [4.78, 5) is 10.4. The zero-order chi connectivity index (χ0) is 13.3.